The topological polar surface area (TPSA) is 67.9 Å². The van der Waals surface area contributed by atoms with Crippen molar-refractivity contribution >= 4 is 28.8 Å². The van der Waals surface area contributed by atoms with Crippen molar-refractivity contribution in [3.8, 4) is 11.5 Å². The van der Waals surface area contributed by atoms with Crippen LogP contribution in [0.5, 0.6) is 11.5 Å². The number of benzene rings is 1. The minimum atomic E-state index is -5.21. The fourth-order valence-electron chi connectivity index (χ4n) is 3.99. The van der Waals surface area contributed by atoms with Crippen molar-refractivity contribution in [1.29, 1.82) is 0 Å². The number of hydrogen-bond donors (Lipinski definition) is 1. The SMILES string of the molecule is COc1ccc(N(C(=O)C(F)(F)F)[C@H](C(=O)NC2CCCCC2)c2ccc(C)s2)c(OC)c1. The average molecular weight is 485 g/mol. The smallest absolute Gasteiger partial charge is 0.471 e. The Morgan fingerprint density at radius 1 is 1.09 bits per heavy atom. The van der Waals surface area contributed by atoms with E-state index in [0.29, 0.717) is 15.5 Å². The Kier molecular flexibility index (Phi) is 7.88. The van der Waals surface area contributed by atoms with Crippen LogP contribution in [0, 0.1) is 6.92 Å². The lowest BCUT2D eigenvalue weighted by atomic mass is 9.95. The van der Waals surface area contributed by atoms with Crippen molar-refractivity contribution in [3.63, 3.8) is 0 Å². The normalized spacial score (nSPS) is 15.6. The molecule has 0 spiro atoms. The lowest BCUT2D eigenvalue weighted by molar-refractivity contribution is -0.171. The van der Waals surface area contributed by atoms with Gasteiger partial charge >= 0.3 is 12.1 Å². The Bertz CT molecular complexity index is 986. The highest BCUT2D eigenvalue weighted by molar-refractivity contribution is 7.12. The second kappa shape index (κ2) is 10.5. The number of ether oxygens (including phenoxy) is 2. The Balaban J connectivity index is 2.13. The number of hydrogen-bond acceptors (Lipinski definition) is 5. The van der Waals surface area contributed by atoms with Crippen LogP contribution in [-0.4, -0.2) is 38.3 Å². The molecule has 1 aliphatic carbocycles. The number of carbonyl (C=O) groups excluding carboxylic acids is 2. The molecule has 0 saturated heterocycles. The largest absolute Gasteiger partial charge is 0.497 e. The lowest BCUT2D eigenvalue weighted by Crippen LogP contribution is -2.50. The van der Waals surface area contributed by atoms with Crippen LogP contribution in [0.15, 0.2) is 30.3 Å². The third-order valence-corrected chi connectivity index (χ3v) is 6.65. The third-order valence-electron chi connectivity index (χ3n) is 5.60. The second-order valence-corrected chi connectivity index (χ2v) is 9.22. The number of nitrogens with zero attached hydrogens (tertiary/aromatic N) is 1. The standard InChI is InChI=1S/C23H27F3N2O4S/c1-14-9-12-19(33-14)20(21(29)27-15-7-5-4-6-8-15)28(22(30)23(24,25)26)17-11-10-16(31-2)13-18(17)32-3/h9-13,15,20H,4-8H2,1-3H3,(H,27,29)/t20-/m0/s1. The predicted molar refractivity (Wildman–Crippen MR) is 120 cm³/mol. The van der Waals surface area contributed by atoms with Gasteiger partial charge < -0.3 is 14.8 Å². The predicted octanol–water partition coefficient (Wildman–Crippen LogP) is 5.16. The minimum absolute atomic E-state index is 0.0179. The maximum Gasteiger partial charge on any atom is 0.471 e. The van der Waals surface area contributed by atoms with Crippen LogP contribution in [0.1, 0.15) is 47.9 Å². The van der Waals surface area contributed by atoms with E-state index in [0.717, 1.165) is 37.0 Å². The Morgan fingerprint density at radius 2 is 1.79 bits per heavy atom. The molecule has 180 valence electrons. The number of halogens is 3. The van der Waals surface area contributed by atoms with Gasteiger partial charge in [-0.1, -0.05) is 19.3 Å². The molecule has 1 aliphatic rings. The van der Waals surface area contributed by atoms with Crippen LogP contribution < -0.4 is 19.7 Å². The van der Waals surface area contributed by atoms with Crippen molar-refractivity contribution in [1.82, 2.24) is 5.32 Å². The van der Waals surface area contributed by atoms with Gasteiger partial charge in [0.05, 0.1) is 19.9 Å². The van der Waals surface area contributed by atoms with E-state index in [-0.39, 0.29) is 17.5 Å². The van der Waals surface area contributed by atoms with Gasteiger partial charge in [0.25, 0.3) is 0 Å². The van der Waals surface area contributed by atoms with Crippen LogP contribution in [0.2, 0.25) is 0 Å². The molecule has 1 N–H and O–H groups in total. The molecule has 1 aromatic heterocycles. The number of amides is 2. The minimum Gasteiger partial charge on any atom is -0.497 e. The number of rotatable bonds is 7. The van der Waals surface area contributed by atoms with Gasteiger partial charge in [-0.2, -0.15) is 13.2 Å². The van der Waals surface area contributed by atoms with E-state index in [1.165, 1.54) is 43.8 Å². The molecule has 2 aromatic rings. The summed E-state index contributed by atoms with van der Waals surface area (Å²) in [5, 5.41) is 2.88. The maximum absolute atomic E-state index is 13.8. The van der Waals surface area contributed by atoms with Gasteiger partial charge in [-0.15, -0.1) is 11.3 Å². The molecule has 1 fully saturated rings. The summed E-state index contributed by atoms with van der Waals surface area (Å²) in [6.07, 6.45) is -0.777. The van der Waals surface area contributed by atoms with Crippen molar-refractivity contribution in [2.45, 2.75) is 57.3 Å². The third kappa shape index (κ3) is 5.79. The number of anilines is 1. The summed E-state index contributed by atoms with van der Waals surface area (Å²) in [5.41, 5.74) is -0.171. The molecule has 3 rings (SSSR count). The Hall–Kier alpha value is -2.75. The van der Waals surface area contributed by atoms with Crippen molar-refractivity contribution in [2.24, 2.45) is 0 Å². The highest BCUT2D eigenvalue weighted by Gasteiger charge is 2.48. The molecular formula is C23H27F3N2O4S. The molecule has 1 atom stereocenters. The van der Waals surface area contributed by atoms with Crippen LogP contribution >= 0.6 is 11.3 Å². The maximum atomic E-state index is 13.8. The summed E-state index contributed by atoms with van der Waals surface area (Å²) < 4.78 is 51.8. The summed E-state index contributed by atoms with van der Waals surface area (Å²) in [7, 11) is 2.68. The summed E-state index contributed by atoms with van der Waals surface area (Å²) in [6.45, 7) is 1.79. The van der Waals surface area contributed by atoms with Gasteiger partial charge in [-0.3, -0.25) is 14.5 Å². The molecule has 0 radical (unpaired) electrons. The van der Waals surface area contributed by atoms with E-state index in [1.807, 2.05) is 0 Å². The van der Waals surface area contributed by atoms with Gasteiger partial charge in [0.2, 0.25) is 5.91 Å². The molecule has 1 saturated carbocycles. The quantitative estimate of drug-likeness (QED) is 0.590. The van der Waals surface area contributed by atoms with Crippen LogP contribution in [-0.2, 0) is 9.59 Å². The average Bonchev–Trinajstić information content (AvgIpc) is 3.22. The molecule has 0 aliphatic heterocycles. The summed E-state index contributed by atoms with van der Waals surface area (Å²) in [6, 6.07) is 5.73. The first-order valence-corrected chi connectivity index (χ1v) is 11.5. The molecular weight excluding hydrogens is 457 g/mol. The van der Waals surface area contributed by atoms with Crippen LogP contribution in [0.3, 0.4) is 0 Å². The lowest BCUT2D eigenvalue weighted by Gasteiger charge is -2.33. The van der Waals surface area contributed by atoms with Gasteiger partial charge in [0.1, 0.15) is 11.5 Å². The monoisotopic (exact) mass is 484 g/mol. The zero-order chi connectivity index (χ0) is 24.2. The van der Waals surface area contributed by atoms with E-state index >= 15 is 0 Å². The number of methoxy groups -OCH3 is 2. The fraction of sp³-hybridized carbons (Fsp3) is 0.478. The summed E-state index contributed by atoms with van der Waals surface area (Å²) in [4.78, 5) is 27.8. The summed E-state index contributed by atoms with van der Waals surface area (Å²) >= 11 is 1.17. The molecule has 33 heavy (non-hydrogen) atoms. The van der Waals surface area contributed by atoms with E-state index in [9.17, 15) is 22.8 Å². The van der Waals surface area contributed by atoms with Crippen LogP contribution in [0.4, 0.5) is 18.9 Å². The molecule has 0 unspecified atom stereocenters. The van der Waals surface area contributed by atoms with Crippen LogP contribution in [0.25, 0.3) is 0 Å². The molecule has 1 heterocycles. The van der Waals surface area contributed by atoms with Gasteiger partial charge in [0, 0.05) is 21.9 Å². The molecule has 6 nitrogen and oxygen atoms in total. The fourth-order valence-corrected chi connectivity index (χ4v) is 4.96. The van der Waals surface area contributed by atoms with Crippen molar-refractivity contribution < 1.29 is 32.2 Å². The van der Waals surface area contributed by atoms with Gasteiger partial charge in [-0.05, 0) is 44.0 Å². The zero-order valence-corrected chi connectivity index (χ0v) is 19.5. The molecule has 0 bridgehead atoms. The molecule has 1 aromatic carbocycles. The Labute approximate surface area is 194 Å². The Morgan fingerprint density at radius 3 is 2.33 bits per heavy atom. The van der Waals surface area contributed by atoms with Gasteiger partial charge in [-0.25, -0.2) is 0 Å². The second-order valence-electron chi connectivity index (χ2n) is 7.91. The number of carbonyl (C=O) groups is 2. The highest BCUT2D eigenvalue weighted by Crippen LogP contribution is 2.41. The summed E-state index contributed by atoms with van der Waals surface area (Å²) in [5.74, 6) is -2.49. The first kappa shape index (κ1) is 24.9. The first-order valence-electron chi connectivity index (χ1n) is 10.6. The van der Waals surface area contributed by atoms with E-state index in [4.69, 9.17) is 9.47 Å². The number of nitrogens with one attached hydrogen (secondary N) is 1. The highest BCUT2D eigenvalue weighted by atomic mass is 32.1. The molecule has 10 heteroatoms. The van der Waals surface area contributed by atoms with Gasteiger partial charge in [0.15, 0.2) is 6.04 Å². The van der Waals surface area contributed by atoms with E-state index < -0.39 is 24.0 Å². The van der Waals surface area contributed by atoms with E-state index in [2.05, 4.69) is 5.32 Å². The van der Waals surface area contributed by atoms with Crippen molar-refractivity contribution in [3.05, 3.63) is 40.1 Å². The van der Waals surface area contributed by atoms with Crippen molar-refractivity contribution in [2.75, 3.05) is 19.1 Å². The number of aryl methyl sites for hydroxylation is 1. The van der Waals surface area contributed by atoms with E-state index in [1.54, 1.807) is 19.1 Å². The number of thiophene rings is 1. The first-order chi connectivity index (χ1) is 15.7. The molecule has 2 amide bonds. The zero-order valence-electron chi connectivity index (χ0n) is 18.7. The number of alkyl halides is 3.